The van der Waals surface area contributed by atoms with Crippen molar-refractivity contribution in [2.45, 2.75) is 20.0 Å². The number of rotatable bonds is 2. The zero-order valence-corrected chi connectivity index (χ0v) is 11.3. The molecular formula is C15H13ClF2O. The predicted molar refractivity (Wildman–Crippen MR) is 71.3 cm³/mol. The summed E-state index contributed by atoms with van der Waals surface area (Å²) in [5.41, 5.74) is 1.39. The Balaban J connectivity index is 2.46. The summed E-state index contributed by atoms with van der Waals surface area (Å²) in [6.45, 7) is 3.29. The number of benzene rings is 2. The van der Waals surface area contributed by atoms with Crippen molar-refractivity contribution >= 4 is 11.6 Å². The van der Waals surface area contributed by atoms with Gasteiger partial charge in [-0.1, -0.05) is 23.7 Å². The van der Waals surface area contributed by atoms with Crippen LogP contribution in [0.2, 0.25) is 5.02 Å². The van der Waals surface area contributed by atoms with E-state index < -0.39 is 17.7 Å². The van der Waals surface area contributed by atoms with Gasteiger partial charge in [-0.15, -0.1) is 0 Å². The van der Waals surface area contributed by atoms with E-state index in [1.807, 2.05) is 6.92 Å². The lowest BCUT2D eigenvalue weighted by Crippen LogP contribution is -2.04. The normalized spacial score (nSPS) is 12.5. The van der Waals surface area contributed by atoms with E-state index in [1.165, 1.54) is 6.92 Å². The summed E-state index contributed by atoms with van der Waals surface area (Å²) in [7, 11) is 0. The number of aliphatic hydroxyl groups excluding tert-OH is 1. The highest BCUT2D eigenvalue weighted by Gasteiger charge is 2.17. The Labute approximate surface area is 115 Å². The summed E-state index contributed by atoms with van der Waals surface area (Å²) < 4.78 is 27.3. The van der Waals surface area contributed by atoms with Crippen LogP contribution in [0.25, 0.3) is 0 Å². The van der Waals surface area contributed by atoms with Gasteiger partial charge in [-0.3, -0.25) is 0 Å². The topological polar surface area (TPSA) is 20.2 Å². The van der Waals surface area contributed by atoms with Gasteiger partial charge in [0, 0.05) is 10.6 Å². The number of hydrogen-bond acceptors (Lipinski definition) is 1. The van der Waals surface area contributed by atoms with Crippen LogP contribution < -0.4 is 0 Å². The third-order valence-electron chi connectivity index (χ3n) is 3.08. The van der Waals surface area contributed by atoms with Gasteiger partial charge in [-0.2, -0.15) is 0 Å². The second-order valence-corrected chi connectivity index (χ2v) is 4.94. The van der Waals surface area contributed by atoms with Crippen LogP contribution in [0.1, 0.15) is 28.4 Å². The van der Waals surface area contributed by atoms with Gasteiger partial charge in [-0.25, -0.2) is 8.78 Å². The summed E-state index contributed by atoms with van der Waals surface area (Å²) in [6.07, 6.45) is -1.24. The lowest BCUT2D eigenvalue weighted by atomic mass is 9.99. The van der Waals surface area contributed by atoms with Crippen LogP contribution >= 0.6 is 11.6 Å². The Morgan fingerprint density at radius 3 is 2.32 bits per heavy atom. The van der Waals surface area contributed by atoms with E-state index >= 15 is 0 Å². The number of halogens is 3. The first-order valence-electron chi connectivity index (χ1n) is 5.80. The highest BCUT2D eigenvalue weighted by atomic mass is 35.5. The van der Waals surface area contributed by atoms with E-state index in [9.17, 15) is 13.9 Å². The summed E-state index contributed by atoms with van der Waals surface area (Å²) in [6, 6.07) is 7.01. The predicted octanol–water partition coefficient (Wildman–Crippen LogP) is 4.32. The van der Waals surface area contributed by atoms with Gasteiger partial charge in [0.05, 0.1) is 0 Å². The Hall–Kier alpha value is -1.45. The number of aliphatic hydroxyl groups is 1. The zero-order chi connectivity index (χ0) is 14.2. The molecule has 1 unspecified atom stereocenters. The van der Waals surface area contributed by atoms with Crippen LogP contribution in [0.15, 0.2) is 30.3 Å². The number of hydrogen-bond donors (Lipinski definition) is 1. The van der Waals surface area contributed by atoms with Crippen LogP contribution in [0.4, 0.5) is 8.78 Å². The number of aryl methyl sites for hydroxylation is 2. The largest absolute Gasteiger partial charge is 0.384 e. The molecule has 100 valence electrons. The summed E-state index contributed by atoms with van der Waals surface area (Å²) in [5.74, 6) is -1.18. The average Bonchev–Trinajstić information content (AvgIpc) is 2.36. The third-order valence-corrected chi connectivity index (χ3v) is 3.49. The zero-order valence-electron chi connectivity index (χ0n) is 10.5. The van der Waals surface area contributed by atoms with Crippen molar-refractivity contribution in [3.63, 3.8) is 0 Å². The molecule has 2 aromatic rings. The highest BCUT2D eigenvalue weighted by Crippen LogP contribution is 2.29. The average molecular weight is 283 g/mol. The van der Waals surface area contributed by atoms with Crippen molar-refractivity contribution in [1.82, 2.24) is 0 Å². The fourth-order valence-corrected chi connectivity index (χ4v) is 2.02. The SMILES string of the molecule is Cc1cc(F)c(C(O)c2ccc(C)c(Cl)c2)cc1F. The van der Waals surface area contributed by atoms with Crippen LogP contribution in [0.3, 0.4) is 0 Å². The summed E-state index contributed by atoms with van der Waals surface area (Å²) >= 11 is 5.96. The molecular weight excluding hydrogens is 270 g/mol. The van der Waals surface area contributed by atoms with E-state index in [4.69, 9.17) is 11.6 Å². The fourth-order valence-electron chi connectivity index (χ4n) is 1.83. The van der Waals surface area contributed by atoms with Crippen molar-refractivity contribution in [3.8, 4) is 0 Å². The quantitative estimate of drug-likeness (QED) is 0.870. The smallest absolute Gasteiger partial charge is 0.129 e. The van der Waals surface area contributed by atoms with Gasteiger partial charge in [0.25, 0.3) is 0 Å². The molecule has 0 spiro atoms. The molecule has 4 heteroatoms. The molecule has 19 heavy (non-hydrogen) atoms. The molecule has 1 nitrogen and oxygen atoms in total. The maximum absolute atomic E-state index is 13.8. The first-order chi connectivity index (χ1) is 8.90. The maximum atomic E-state index is 13.8. The van der Waals surface area contributed by atoms with Gasteiger partial charge in [0.15, 0.2) is 0 Å². The molecule has 0 saturated carbocycles. The van der Waals surface area contributed by atoms with Gasteiger partial charge in [0.2, 0.25) is 0 Å². The molecule has 0 saturated heterocycles. The van der Waals surface area contributed by atoms with Crippen molar-refractivity contribution in [3.05, 3.63) is 69.2 Å². The highest BCUT2D eigenvalue weighted by molar-refractivity contribution is 6.31. The first-order valence-corrected chi connectivity index (χ1v) is 6.17. The van der Waals surface area contributed by atoms with Gasteiger partial charge in [-0.05, 0) is 48.7 Å². The minimum atomic E-state index is -1.24. The Bertz CT molecular complexity index is 626. The summed E-state index contributed by atoms with van der Waals surface area (Å²) in [5, 5.41) is 10.6. The monoisotopic (exact) mass is 282 g/mol. The van der Waals surface area contributed by atoms with Crippen LogP contribution in [-0.2, 0) is 0 Å². The minimum absolute atomic E-state index is 0.0944. The van der Waals surface area contributed by atoms with E-state index in [0.717, 1.165) is 17.7 Å². The van der Waals surface area contributed by atoms with Crippen LogP contribution in [-0.4, -0.2) is 5.11 Å². The second kappa shape index (κ2) is 5.27. The molecule has 0 aliphatic carbocycles. The van der Waals surface area contributed by atoms with Crippen molar-refractivity contribution in [1.29, 1.82) is 0 Å². The molecule has 1 atom stereocenters. The molecule has 1 N–H and O–H groups in total. The molecule has 0 aliphatic heterocycles. The molecule has 2 aromatic carbocycles. The minimum Gasteiger partial charge on any atom is -0.384 e. The molecule has 0 heterocycles. The van der Waals surface area contributed by atoms with E-state index in [0.29, 0.717) is 10.6 Å². The molecule has 2 rings (SSSR count). The molecule has 0 aliphatic rings. The molecule has 0 aromatic heterocycles. The van der Waals surface area contributed by atoms with Crippen LogP contribution in [0.5, 0.6) is 0 Å². The van der Waals surface area contributed by atoms with E-state index in [-0.39, 0.29) is 11.1 Å². The maximum Gasteiger partial charge on any atom is 0.129 e. The first kappa shape index (κ1) is 14.0. The summed E-state index contributed by atoms with van der Waals surface area (Å²) in [4.78, 5) is 0. The Morgan fingerprint density at radius 2 is 1.68 bits per heavy atom. The third kappa shape index (κ3) is 2.77. The van der Waals surface area contributed by atoms with E-state index in [2.05, 4.69) is 0 Å². The van der Waals surface area contributed by atoms with Gasteiger partial charge in [0.1, 0.15) is 17.7 Å². The van der Waals surface area contributed by atoms with Gasteiger partial charge >= 0.3 is 0 Å². The fraction of sp³-hybridized carbons (Fsp3) is 0.200. The van der Waals surface area contributed by atoms with Crippen LogP contribution in [0, 0.1) is 25.5 Å². The van der Waals surface area contributed by atoms with Crippen molar-refractivity contribution in [2.24, 2.45) is 0 Å². The molecule has 0 amide bonds. The lowest BCUT2D eigenvalue weighted by Gasteiger charge is -2.14. The van der Waals surface area contributed by atoms with Crippen molar-refractivity contribution < 1.29 is 13.9 Å². The van der Waals surface area contributed by atoms with E-state index in [1.54, 1.807) is 18.2 Å². The second-order valence-electron chi connectivity index (χ2n) is 4.53. The van der Waals surface area contributed by atoms with Gasteiger partial charge < -0.3 is 5.11 Å². The molecule has 0 bridgehead atoms. The molecule has 0 radical (unpaired) electrons. The van der Waals surface area contributed by atoms with Crippen molar-refractivity contribution in [2.75, 3.05) is 0 Å². The standard InChI is InChI=1S/C15H13ClF2O/c1-8-3-4-10(6-12(8)16)15(19)11-7-13(17)9(2)5-14(11)18/h3-7,15,19H,1-2H3. The lowest BCUT2D eigenvalue weighted by molar-refractivity contribution is 0.214. The Kier molecular flexibility index (Phi) is 3.88. The Morgan fingerprint density at radius 1 is 1.00 bits per heavy atom. The molecule has 0 fully saturated rings.